The molecule has 0 saturated carbocycles. The first-order valence-electron chi connectivity index (χ1n) is 10.3. The van der Waals surface area contributed by atoms with Gasteiger partial charge in [0.2, 0.25) is 0 Å². The van der Waals surface area contributed by atoms with E-state index in [0.29, 0.717) is 45.3 Å². The fourth-order valence-electron chi connectivity index (χ4n) is 4.24. The highest BCUT2D eigenvalue weighted by molar-refractivity contribution is 6.17. The first-order chi connectivity index (χ1) is 16.0. The number of methoxy groups -OCH3 is 1. The van der Waals surface area contributed by atoms with Gasteiger partial charge in [-0.2, -0.15) is 0 Å². The molecule has 1 N–H and O–H groups in total. The van der Waals surface area contributed by atoms with Crippen molar-refractivity contribution in [3.05, 3.63) is 82.4 Å². The number of aliphatic hydroxyl groups is 1. The number of alkyl halides is 1. The zero-order chi connectivity index (χ0) is 23.2. The molecule has 5 rings (SSSR count). The highest BCUT2D eigenvalue weighted by Gasteiger charge is 2.53. The molecule has 0 aliphatic carbocycles. The standard InChI is InChI=1S/C25H21ClO7/c1-14(27)30-13-31-17-5-8-21-23(11-17)32-22-10-16(29-2)4-7-20(22)25(21)19-6-3-15(12-26)9-18(19)24(28)33-25/h3-11,14,27H,12-13H2,1-2H3. The molecule has 0 fully saturated rings. The Labute approximate surface area is 195 Å². The molecule has 1 spiro atoms. The number of carbonyl (C=O) groups is 1. The van der Waals surface area contributed by atoms with Crippen LogP contribution in [0.4, 0.5) is 0 Å². The lowest BCUT2D eigenvalue weighted by molar-refractivity contribution is -0.131. The van der Waals surface area contributed by atoms with Crippen molar-refractivity contribution in [1.82, 2.24) is 0 Å². The average Bonchev–Trinajstić information content (AvgIpc) is 3.10. The Morgan fingerprint density at radius 3 is 2.33 bits per heavy atom. The quantitative estimate of drug-likeness (QED) is 0.319. The van der Waals surface area contributed by atoms with Gasteiger partial charge in [-0.1, -0.05) is 12.1 Å². The predicted octanol–water partition coefficient (Wildman–Crippen LogP) is 4.69. The molecule has 2 heterocycles. The number of rotatable bonds is 6. The Hall–Kier alpha value is -3.26. The minimum atomic E-state index is -1.19. The lowest BCUT2D eigenvalue weighted by Gasteiger charge is -2.36. The van der Waals surface area contributed by atoms with Crippen molar-refractivity contribution in [2.75, 3.05) is 13.9 Å². The second-order valence-corrected chi connectivity index (χ2v) is 8.00. The van der Waals surface area contributed by atoms with Gasteiger partial charge < -0.3 is 28.8 Å². The molecular formula is C25H21ClO7. The molecule has 8 heteroatoms. The van der Waals surface area contributed by atoms with Crippen molar-refractivity contribution in [2.24, 2.45) is 0 Å². The Kier molecular flexibility index (Phi) is 5.40. The summed E-state index contributed by atoms with van der Waals surface area (Å²) in [4.78, 5) is 13.0. The predicted molar refractivity (Wildman–Crippen MR) is 119 cm³/mol. The third-order valence-corrected chi connectivity index (χ3v) is 6.05. The van der Waals surface area contributed by atoms with Gasteiger partial charge in [-0.25, -0.2) is 4.79 Å². The average molecular weight is 469 g/mol. The van der Waals surface area contributed by atoms with Crippen molar-refractivity contribution in [2.45, 2.75) is 24.7 Å². The van der Waals surface area contributed by atoms with Gasteiger partial charge in [0, 0.05) is 34.7 Å². The summed E-state index contributed by atoms with van der Waals surface area (Å²) >= 11 is 6.00. The maximum absolute atomic E-state index is 13.0. The number of esters is 1. The number of aliphatic hydroxyl groups excluding tert-OH is 1. The molecule has 33 heavy (non-hydrogen) atoms. The molecular weight excluding hydrogens is 448 g/mol. The third-order valence-electron chi connectivity index (χ3n) is 5.74. The van der Waals surface area contributed by atoms with Crippen LogP contribution in [0, 0.1) is 0 Å². The van der Waals surface area contributed by atoms with Crippen molar-refractivity contribution in [3.8, 4) is 23.0 Å². The van der Waals surface area contributed by atoms with E-state index in [0.717, 1.165) is 5.56 Å². The third kappa shape index (κ3) is 3.49. The summed E-state index contributed by atoms with van der Waals surface area (Å²) in [5.41, 5.74) is 2.16. The van der Waals surface area contributed by atoms with Gasteiger partial charge in [-0.05, 0) is 42.8 Å². The summed E-state index contributed by atoms with van der Waals surface area (Å²) in [7, 11) is 1.57. The first-order valence-corrected chi connectivity index (χ1v) is 10.9. The van der Waals surface area contributed by atoms with Crippen LogP contribution >= 0.6 is 11.6 Å². The maximum Gasteiger partial charge on any atom is 0.340 e. The largest absolute Gasteiger partial charge is 0.497 e. The molecule has 170 valence electrons. The summed E-state index contributed by atoms with van der Waals surface area (Å²) in [6.45, 7) is 1.36. The number of benzene rings is 3. The van der Waals surface area contributed by atoms with Gasteiger partial charge in [0.1, 0.15) is 23.0 Å². The van der Waals surface area contributed by atoms with E-state index in [2.05, 4.69) is 0 Å². The number of fused-ring (bicyclic) bond motifs is 6. The zero-order valence-corrected chi connectivity index (χ0v) is 18.7. The molecule has 2 atom stereocenters. The van der Waals surface area contributed by atoms with Crippen molar-refractivity contribution in [3.63, 3.8) is 0 Å². The van der Waals surface area contributed by atoms with E-state index in [1.807, 2.05) is 18.2 Å². The summed E-state index contributed by atoms with van der Waals surface area (Å²) < 4.78 is 28.3. The van der Waals surface area contributed by atoms with E-state index < -0.39 is 17.9 Å². The monoisotopic (exact) mass is 468 g/mol. The van der Waals surface area contributed by atoms with Gasteiger partial charge in [0.15, 0.2) is 18.7 Å². The summed E-state index contributed by atoms with van der Waals surface area (Å²) in [5.74, 6) is 1.90. The Morgan fingerprint density at radius 1 is 1.00 bits per heavy atom. The fourth-order valence-corrected chi connectivity index (χ4v) is 4.40. The van der Waals surface area contributed by atoms with Crippen LogP contribution in [0.25, 0.3) is 0 Å². The van der Waals surface area contributed by atoms with Crippen molar-refractivity contribution < 1.29 is 33.6 Å². The number of hydrogen-bond acceptors (Lipinski definition) is 7. The number of carbonyl (C=O) groups excluding carboxylic acids is 1. The topological polar surface area (TPSA) is 83.5 Å². The molecule has 3 aromatic carbocycles. The Balaban J connectivity index is 1.68. The minimum absolute atomic E-state index is 0.134. The van der Waals surface area contributed by atoms with Gasteiger partial charge >= 0.3 is 5.97 Å². The lowest BCUT2D eigenvalue weighted by Crippen LogP contribution is -2.33. The van der Waals surface area contributed by atoms with E-state index in [-0.39, 0.29) is 12.7 Å². The number of hydrogen-bond donors (Lipinski definition) is 1. The second kappa shape index (κ2) is 8.26. The van der Waals surface area contributed by atoms with Crippen LogP contribution < -0.4 is 14.2 Å². The minimum Gasteiger partial charge on any atom is -0.497 e. The molecule has 0 bridgehead atoms. The fraction of sp³-hybridized carbons (Fsp3) is 0.240. The van der Waals surface area contributed by atoms with Gasteiger partial charge in [0.05, 0.1) is 12.7 Å². The van der Waals surface area contributed by atoms with Crippen LogP contribution in [0.1, 0.15) is 39.5 Å². The highest BCUT2D eigenvalue weighted by atomic mass is 35.5. The molecule has 0 saturated heterocycles. The normalized spacial score (nSPS) is 18.6. The highest BCUT2D eigenvalue weighted by Crippen LogP contribution is 2.57. The molecule has 2 aliphatic rings. The van der Waals surface area contributed by atoms with E-state index in [1.54, 1.807) is 43.5 Å². The number of halogens is 1. The van der Waals surface area contributed by atoms with Crippen LogP contribution in [0.5, 0.6) is 23.0 Å². The van der Waals surface area contributed by atoms with Crippen LogP contribution in [0.15, 0.2) is 54.6 Å². The van der Waals surface area contributed by atoms with Gasteiger partial charge in [0.25, 0.3) is 0 Å². The van der Waals surface area contributed by atoms with Crippen LogP contribution in [-0.4, -0.2) is 31.3 Å². The lowest BCUT2D eigenvalue weighted by atomic mass is 9.77. The molecule has 0 radical (unpaired) electrons. The SMILES string of the molecule is COc1ccc2c(c1)Oc1cc(OCOC(C)O)ccc1C21OC(=O)c2cc(CCl)ccc21. The molecule has 2 unspecified atom stereocenters. The van der Waals surface area contributed by atoms with Crippen LogP contribution in [0.3, 0.4) is 0 Å². The molecule has 0 amide bonds. The van der Waals surface area contributed by atoms with Crippen molar-refractivity contribution in [1.29, 1.82) is 0 Å². The zero-order valence-electron chi connectivity index (χ0n) is 18.0. The van der Waals surface area contributed by atoms with E-state index in [1.165, 1.54) is 6.92 Å². The Morgan fingerprint density at radius 2 is 1.67 bits per heavy atom. The van der Waals surface area contributed by atoms with E-state index in [4.69, 9.17) is 35.3 Å². The maximum atomic E-state index is 13.0. The van der Waals surface area contributed by atoms with Crippen LogP contribution in [0.2, 0.25) is 0 Å². The van der Waals surface area contributed by atoms with Gasteiger partial charge in [-0.3, -0.25) is 0 Å². The summed E-state index contributed by atoms with van der Waals surface area (Å²) in [5, 5.41) is 9.28. The molecule has 0 aromatic heterocycles. The first kappa shape index (κ1) is 21.6. The van der Waals surface area contributed by atoms with Crippen LogP contribution in [-0.2, 0) is 21.0 Å². The molecule has 7 nitrogen and oxygen atoms in total. The smallest absolute Gasteiger partial charge is 0.340 e. The second-order valence-electron chi connectivity index (χ2n) is 7.73. The summed E-state index contributed by atoms with van der Waals surface area (Å²) in [6, 6.07) is 16.2. The molecule has 3 aromatic rings. The van der Waals surface area contributed by atoms with Gasteiger partial charge in [-0.15, -0.1) is 11.6 Å². The molecule has 2 aliphatic heterocycles. The number of ether oxygens (including phenoxy) is 5. The van der Waals surface area contributed by atoms with E-state index in [9.17, 15) is 9.90 Å². The summed E-state index contributed by atoms with van der Waals surface area (Å²) in [6.07, 6.45) is -0.950. The van der Waals surface area contributed by atoms with E-state index >= 15 is 0 Å². The Bertz CT molecular complexity index is 1240. The van der Waals surface area contributed by atoms with Crippen molar-refractivity contribution >= 4 is 17.6 Å².